The SMILES string of the molecule is CC1(C)CN(c2ccc(CCCCCC(=O)O)cc2)c2c1c1[o+]c3c4c(c5ccccc5c3c(-c3c(Cl)c(C(=O)O)cc(Cl)c3C(=O)O)c1c1ccccc21)N(c1ccc(CCCCCC(=O)O)cc1)CC4(C)C. The third kappa shape index (κ3) is 8.83. The van der Waals surface area contributed by atoms with E-state index in [9.17, 15) is 29.4 Å². The number of carboxylic acids is 4. The first-order chi connectivity index (χ1) is 35.4. The molecule has 2 aliphatic rings. The molecule has 0 fully saturated rings. The first kappa shape index (κ1) is 50.3. The number of carboxylic acid groups (broad SMARTS) is 4. The summed E-state index contributed by atoms with van der Waals surface area (Å²) in [5.41, 5.74) is 7.59. The number of aryl methyl sites for hydroxylation is 2. The smallest absolute Gasteiger partial charge is 0.367 e. The van der Waals surface area contributed by atoms with Crippen molar-refractivity contribution in [1.82, 2.24) is 0 Å². The van der Waals surface area contributed by atoms with Crippen LogP contribution in [0.4, 0.5) is 22.7 Å². The van der Waals surface area contributed by atoms with Gasteiger partial charge in [0.1, 0.15) is 0 Å². The van der Waals surface area contributed by atoms with Crippen molar-refractivity contribution in [2.45, 2.75) is 103 Å². The summed E-state index contributed by atoms with van der Waals surface area (Å²) in [6, 6.07) is 34.1. The van der Waals surface area contributed by atoms with Gasteiger partial charge < -0.3 is 30.2 Å². The molecule has 74 heavy (non-hydrogen) atoms. The van der Waals surface area contributed by atoms with Gasteiger partial charge in [-0.15, -0.1) is 0 Å². The zero-order chi connectivity index (χ0) is 52.4. The van der Waals surface area contributed by atoms with Crippen molar-refractivity contribution < 1.29 is 44.0 Å². The van der Waals surface area contributed by atoms with E-state index in [2.05, 4.69) is 98.2 Å². The molecule has 2 aliphatic heterocycles. The van der Waals surface area contributed by atoms with E-state index < -0.39 is 34.7 Å². The molecular weight excluding hydrogens is 976 g/mol. The highest BCUT2D eigenvalue weighted by Gasteiger charge is 2.49. The van der Waals surface area contributed by atoms with Gasteiger partial charge in [-0.3, -0.25) is 9.59 Å². The number of halogens is 2. The number of hydrogen-bond acceptors (Lipinski definition) is 6. The standard InChI is InChI=1S/C61H56Cl2N2O9/c1-60(2)32-64(36-27-23-34(24-28-36)15-7-5-9-21-44(66)67)54-40-19-13-11-17-38(40)46-49(50-48(59(72)73)43(62)31-42(53(50)63)58(70)71)47-39-18-12-14-20-41(39)55-52(57(47)74-56(46)51(54)60)61(3,4)33-65(55)37-29-25-35(26-30-37)16-8-6-10-22-45(68)69/h11-14,17-20,23-31H,5-10,15-16,21-22,32-33H2,1-4H3,(H3-,66,67,68,69,70,71,72,73)/p+1. The minimum Gasteiger partial charge on any atom is -0.481 e. The molecule has 0 bridgehead atoms. The number of aromatic carboxylic acids is 2. The monoisotopic (exact) mass is 1030 g/mol. The number of anilines is 4. The second kappa shape index (κ2) is 19.6. The summed E-state index contributed by atoms with van der Waals surface area (Å²) in [4.78, 5) is 53.6. The van der Waals surface area contributed by atoms with E-state index in [1.54, 1.807) is 0 Å². The number of benzene rings is 7. The summed E-state index contributed by atoms with van der Waals surface area (Å²) >= 11 is 14.3. The van der Waals surface area contributed by atoms with Gasteiger partial charge in [-0.1, -0.05) is 137 Å². The zero-order valence-corrected chi connectivity index (χ0v) is 43.3. The maximum atomic E-state index is 13.7. The van der Waals surface area contributed by atoms with Crippen molar-refractivity contribution in [3.8, 4) is 11.1 Å². The first-order valence-corrected chi connectivity index (χ1v) is 26.0. The van der Waals surface area contributed by atoms with Crippen LogP contribution in [0.15, 0.2) is 108 Å². The van der Waals surface area contributed by atoms with E-state index in [1.165, 1.54) is 0 Å². The summed E-state index contributed by atoms with van der Waals surface area (Å²) < 4.78 is 7.73. The Kier molecular flexibility index (Phi) is 13.3. The molecule has 0 atom stereocenters. The van der Waals surface area contributed by atoms with Crippen LogP contribution in [0.2, 0.25) is 10.0 Å². The number of unbranched alkanes of at least 4 members (excludes halogenated alkanes) is 4. The maximum Gasteiger partial charge on any atom is 0.367 e. The Morgan fingerprint density at radius 2 is 0.959 bits per heavy atom. The average Bonchev–Trinajstić information content (AvgIpc) is 3.83. The predicted octanol–water partition coefficient (Wildman–Crippen LogP) is 15.8. The van der Waals surface area contributed by atoms with Crippen molar-refractivity contribution >= 4 is 113 Å². The number of rotatable bonds is 17. The van der Waals surface area contributed by atoms with Gasteiger partial charge in [-0.2, -0.15) is 0 Å². The maximum absolute atomic E-state index is 13.7. The molecule has 8 aromatic rings. The van der Waals surface area contributed by atoms with E-state index >= 15 is 0 Å². The molecule has 7 aromatic carbocycles. The third-order valence-corrected chi connectivity index (χ3v) is 15.8. The fourth-order valence-corrected chi connectivity index (χ4v) is 12.4. The molecular formula is C61H57Cl2N2O9+. The highest BCUT2D eigenvalue weighted by atomic mass is 35.5. The van der Waals surface area contributed by atoms with Crippen LogP contribution >= 0.6 is 23.2 Å². The summed E-state index contributed by atoms with van der Waals surface area (Å²) in [5.74, 6) is -4.29. The van der Waals surface area contributed by atoms with Gasteiger partial charge in [0.2, 0.25) is 0 Å². The largest absolute Gasteiger partial charge is 0.481 e. The van der Waals surface area contributed by atoms with Gasteiger partial charge >= 0.3 is 35.0 Å². The topological polar surface area (TPSA) is 167 Å². The Hall–Kier alpha value is -7.21. The highest BCUT2D eigenvalue weighted by Crippen LogP contribution is 2.60. The van der Waals surface area contributed by atoms with Gasteiger partial charge in [0, 0.05) is 80.8 Å². The van der Waals surface area contributed by atoms with Crippen molar-refractivity contribution in [2.24, 2.45) is 0 Å². The number of carbonyl (C=O) groups is 4. The van der Waals surface area contributed by atoms with E-state index in [4.69, 9.17) is 37.8 Å². The third-order valence-electron chi connectivity index (χ3n) is 15.1. The summed E-state index contributed by atoms with van der Waals surface area (Å²) in [5, 5.41) is 44.0. The highest BCUT2D eigenvalue weighted by molar-refractivity contribution is 6.43. The van der Waals surface area contributed by atoms with E-state index in [0.29, 0.717) is 53.4 Å². The van der Waals surface area contributed by atoms with Crippen LogP contribution in [0.1, 0.15) is 122 Å². The normalized spacial score (nSPS) is 14.6. The van der Waals surface area contributed by atoms with Gasteiger partial charge in [0.05, 0.1) is 54.4 Å². The number of fused-ring (bicyclic) bond motifs is 12. The van der Waals surface area contributed by atoms with Crippen LogP contribution in [0.25, 0.3) is 54.6 Å². The molecule has 378 valence electrons. The molecule has 0 unspecified atom stereocenters. The molecule has 11 nitrogen and oxygen atoms in total. The molecule has 0 radical (unpaired) electrons. The second-order valence-electron chi connectivity index (χ2n) is 21.2. The Bertz CT molecular complexity index is 3430. The van der Waals surface area contributed by atoms with Gasteiger partial charge in [0.25, 0.3) is 0 Å². The van der Waals surface area contributed by atoms with Gasteiger partial charge in [-0.05, 0) is 80.0 Å². The van der Waals surface area contributed by atoms with E-state index in [-0.39, 0.29) is 39.6 Å². The lowest BCUT2D eigenvalue weighted by Gasteiger charge is -2.23. The van der Waals surface area contributed by atoms with E-state index in [1.807, 2.05) is 36.4 Å². The molecule has 10 rings (SSSR count). The fraction of sp³-hybridized carbons (Fsp3) is 0.295. The molecule has 0 aliphatic carbocycles. The lowest BCUT2D eigenvalue weighted by Crippen LogP contribution is -2.25. The van der Waals surface area contributed by atoms with Crippen LogP contribution in [0, 0.1) is 0 Å². The van der Waals surface area contributed by atoms with Crippen molar-refractivity contribution in [2.75, 3.05) is 22.9 Å². The number of nitrogens with zero attached hydrogens (tertiary/aromatic N) is 2. The Labute approximate surface area is 438 Å². The molecule has 0 spiro atoms. The van der Waals surface area contributed by atoms with Crippen LogP contribution in [0.5, 0.6) is 0 Å². The molecule has 0 amide bonds. The summed E-state index contributed by atoms with van der Waals surface area (Å²) in [6.45, 7) is 9.85. The number of hydrogen-bond donors (Lipinski definition) is 4. The molecule has 4 N–H and O–H groups in total. The fourth-order valence-electron chi connectivity index (χ4n) is 11.8. The molecule has 0 saturated carbocycles. The average molecular weight is 1030 g/mol. The lowest BCUT2D eigenvalue weighted by molar-refractivity contribution is -0.138. The predicted molar refractivity (Wildman–Crippen MR) is 295 cm³/mol. The van der Waals surface area contributed by atoms with E-state index in [0.717, 1.165) is 111 Å². The second-order valence-corrected chi connectivity index (χ2v) is 22.0. The zero-order valence-electron chi connectivity index (χ0n) is 41.8. The Balaban J connectivity index is 1.27. The van der Waals surface area contributed by atoms with Crippen molar-refractivity contribution in [3.63, 3.8) is 0 Å². The van der Waals surface area contributed by atoms with Crippen molar-refractivity contribution in [3.05, 3.63) is 147 Å². The van der Waals surface area contributed by atoms with Crippen LogP contribution in [-0.4, -0.2) is 57.4 Å². The lowest BCUT2D eigenvalue weighted by atomic mass is 9.79. The summed E-state index contributed by atoms with van der Waals surface area (Å²) in [7, 11) is 0. The van der Waals surface area contributed by atoms with Crippen molar-refractivity contribution in [1.29, 1.82) is 0 Å². The quantitative estimate of drug-likeness (QED) is 0.0297. The van der Waals surface area contributed by atoms with Crippen LogP contribution in [0.3, 0.4) is 0 Å². The molecule has 0 saturated heterocycles. The summed E-state index contributed by atoms with van der Waals surface area (Å²) in [6.07, 6.45) is 6.68. The van der Waals surface area contributed by atoms with Crippen LogP contribution < -0.4 is 9.80 Å². The van der Waals surface area contributed by atoms with Crippen LogP contribution in [-0.2, 0) is 33.3 Å². The minimum absolute atomic E-state index is 0.0116. The van der Waals surface area contributed by atoms with Gasteiger partial charge in [0.15, 0.2) is 0 Å². The van der Waals surface area contributed by atoms with Gasteiger partial charge in [-0.25, -0.2) is 14.0 Å². The Morgan fingerprint density at radius 1 is 0.541 bits per heavy atom. The molecule has 13 heteroatoms. The minimum atomic E-state index is -1.37. The Morgan fingerprint density at radius 3 is 1.35 bits per heavy atom. The molecule has 1 aromatic heterocycles. The number of aliphatic carboxylic acids is 2. The first-order valence-electron chi connectivity index (χ1n) is 25.3. The molecule has 3 heterocycles.